The van der Waals surface area contributed by atoms with Crippen molar-refractivity contribution in [2.45, 2.75) is 49.1 Å². The summed E-state index contributed by atoms with van der Waals surface area (Å²) in [5.74, 6) is 1.21. The van der Waals surface area contributed by atoms with Gasteiger partial charge in [-0.25, -0.2) is 4.79 Å². The zero-order chi connectivity index (χ0) is 19.6. The van der Waals surface area contributed by atoms with Crippen LogP contribution in [0.1, 0.15) is 37.7 Å². The SMILES string of the molecule is COC(=O)[C@@]12CC[C@]34CCCN5C[C@H](C(=O)C3)[C@]1(c1ccc3c(c1N2)OCO3)[C@H]54. The van der Waals surface area contributed by atoms with Crippen LogP contribution in [0, 0.1) is 11.3 Å². The van der Waals surface area contributed by atoms with Gasteiger partial charge in [0.05, 0.1) is 18.2 Å². The molecule has 7 nitrogen and oxygen atoms in total. The molecule has 4 fully saturated rings. The van der Waals surface area contributed by atoms with E-state index in [1.807, 2.05) is 6.07 Å². The number of anilines is 1. The fourth-order valence-corrected chi connectivity index (χ4v) is 8.24. The number of piperidine rings is 1. The van der Waals surface area contributed by atoms with E-state index in [-0.39, 0.29) is 30.1 Å². The van der Waals surface area contributed by atoms with Crippen LogP contribution < -0.4 is 14.8 Å². The number of carbonyl (C=O) groups is 2. The first-order valence-corrected chi connectivity index (χ1v) is 10.6. The Kier molecular flexibility index (Phi) is 2.78. The topological polar surface area (TPSA) is 77.1 Å². The number of fused-ring (bicyclic) bond motifs is 3. The average Bonchev–Trinajstić information content (AvgIpc) is 3.40. The molecule has 4 aliphatic heterocycles. The molecule has 1 spiro atoms. The lowest BCUT2D eigenvalue weighted by Gasteiger charge is -2.63. The number of esters is 1. The van der Waals surface area contributed by atoms with Gasteiger partial charge in [0.15, 0.2) is 11.5 Å². The van der Waals surface area contributed by atoms with Crippen LogP contribution in [-0.2, 0) is 19.7 Å². The van der Waals surface area contributed by atoms with Crippen molar-refractivity contribution < 1.29 is 23.8 Å². The van der Waals surface area contributed by atoms with Gasteiger partial charge in [0.2, 0.25) is 6.79 Å². The largest absolute Gasteiger partial charge is 0.467 e. The molecule has 5 atom stereocenters. The fourth-order valence-electron chi connectivity index (χ4n) is 8.24. The molecule has 6 aliphatic rings. The smallest absolute Gasteiger partial charge is 0.332 e. The lowest BCUT2D eigenvalue weighted by Crippen LogP contribution is -2.75. The molecular weight excluding hydrogens is 372 g/mol. The van der Waals surface area contributed by atoms with Crippen LogP contribution in [0.4, 0.5) is 5.69 Å². The van der Waals surface area contributed by atoms with Gasteiger partial charge in [0, 0.05) is 24.9 Å². The Morgan fingerprint density at radius 3 is 3.03 bits per heavy atom. The second kappa shape index (κ2) is 4.89. The van der Waals surface area contributed by atoms with Gasteiger partial charge in [-0.05, 0) is 49.3 Å². The average molecular weight is 396 g/mol. The first-order valence-electron chi connectivity index (χ1n) is 10.6. The molecule has 0 aromatic heterocycles. The number of benzene rings is 1. The van der Waals surface area contributed by atoms with Gasteiger partial charge >= 0.3 is 5.97 Å². The molecule has 7 rings (SSSR count). The van der Waals surface area contributed by atoms with E-state index in [4.69, 9.17) is 14.2 Å². The monoisotopic (exact) mass is 396 g/mol. The van der Waals surface area contributed by atoms with Crippen LogP contribution >= 0.6 is 0 Å². The first-order chi connectivity index (χ1) is 14.1. The quantitative estimate of drug-likeness (QED) is 0.726. The standard InChI is InChI=1S/C22H24N2O5/c1-27-19(26)21-7-6-20-5-2-8-24-10-13(14(25)9-20)22(21,18(20)24)12-3-4-15-17(16(12)23-21)29-11-28-15/h3-4,13,18,23H,2,5-11H2,1H3/t13-,18-,20-,21+,22-/m1/s1. The molecule has 29 heavy (non-hydrogen) atoms. The summed E-state index contributed by atoms with van der Waals surface area (Å²) in [4.78, 5) is 29.6. The van der Waals surface area contributed by atoms with Gasteiger partial charge in [-0.15, -0.1) is 0 Å². The Morgan fingerprint density at radius 2 is 2.17 bits per heavy atom. The normalized spacial score (nSPS) is 42.9. The maximum atomic E-state index is 13.6. The molecule has 2 saturated heterocycles. The molecule has 0 radical (unpaired) electrons. The molecule has 1 aromatic carbocycles. The van der Waals surface area contributed by atoms with Crippen molar-refractivity contribution in [1.82, 2.24) is 4.90 Å². The van der Waals surface area contributed by atoms with E-state index in [0.29, 0.717) is 30.1 Å². The maximum Gasteiger partial charge on any atom is 0.332 e. The third kappa shape index (κ3) is 1.52. The Hall–Kier alpha value is -2.28. The van der Waals surface area contributed by atoms with E-state index in [2.05, 4.69) is 16.3 Å². The molecule has 152 valence electrons. The Bertz CT molecular complexity index is 994. The van der Waals surface area contributed by atoms with Crippen molar-refractivity contribution in [3.8, 4) is 11.5 Å². The predicted molar refractivity (Wildman–Crippen MR) is 102 cm³/mol. The third-order valence-electron chi connectivity index (χ3n) is 8.94. The highest BCUT2D eigenvalue weighted by molar-refractivity contribution is 5.99. The van der Waals surface area contributed by atoms with Crippen molar-refractivity contribution in [2.75, 3.05) is 32.3 Å². The molecular formula is C22H24N2O5. The summed E-state index contributed by atoms with van der Waals surface area (Å²) in [6, 6.07) is 4.18. The van der Waals surface area contributed by atoms with E-state index < -0.39 is 11.0 Å². The summed E-state index contributed by atoms with van der Waals surface area (Å²) >= 11 is 0. The van der Waals surface area contributed by atoms with Crippen molar-refractivity contribution in [2.24, 2.45) is 11.3 Å². The van der Waals surface area contributed by atoms with E-state index >= 15 is 0 Å². The highest BCUT2D eigenvalue weighted by Gasteiger charge is 2.82. The minimum absolute atomic E-state index is 0.0421. The van der Waals surface area contributed by atoms with Crippen molar-refractivity contribution in [3.05, 3.63) is 17.7 Å². The lowest BCUT2D eigenvalue weighted by molar-refractivity contribution is -0.163. The van der Waals surface area contributed by atoms with Crippen LogP contribution in [0.2, 0.25) is 0 Å². The molecule has 2 aliphatic carbocycles. The van der Waals surface area contributed by atoms with E-state index in [0.717, 1.165) is 43.6 Å². The van der Waals surface area contributed by atoms with Crippen molar-refractivity contribution in [3.63, 3.8) is 0 Å². The van der Waals surface area contributed by atoms with Crippen LogP contribution in [0.5, 0.6) is 11.5 Å². The molecule has 7 heteroatoms. The minimum atomic E-state index is -0.938. The summed E-state index contributed by atoms with van der Waals surface area (Å²) in [7, 11) is 1.46. The molecule has 1 N–H and O–H groups in total. The van der Waals surface area contributed by atoms with Crippen LogP contribution in [0.15, 0.2) is 12.1 Å². The van der Waals surface area contributed by atoms with Gasteiger partial charge in [-0.1, -0.05) is 6.07 Å². The molecule has 2 saturated carbocycles. The number of rotatable bonds is 1. The van der Waals surface area contributed by atoms with E-state index in [1.165, 1.54) is 7.11 Å². The van der Waals surface area contributed by atoms with Crippen molar-refractivity contribution >= 4 is 17.4 Å². The van der Waals surface area contributed by atoms with Gasteiger partial charge in [-0.2, -0.15) is 0 Å². The number of ketones is 1. The first kappa shape index (κ1) is 16.5. The number of methoxy groups -OCH3 is 1. The molecule has 4 heterocycles. The zero-order valence-electron chi connectivity index (χ0n) is 16.5. The number of nitrogens with one attached hydrogen (secondary N) is 1. The van der Waals surface area contributed by atoms with Crippen LogP contribution in [0.3, 0.4) is 0 Å². The second-order valence-corrected chi connectivity index (χ2v) is 9.67. The fraction of sp³-hybridized carbons (Fsp3) is 0.636. The molecule has 0 unspecified atom stereocenters. The van der Waals surface area contributed by atoms with Gasteiger partial charge in [0.25, 0.3) is 0 Å². The van der Waals surface area contributed by atoms with Gasteiger partial charge < -0.3 is 19.5 Å². The molecule has 4 bridgehead atoms. The lowest BCUT2D eigenvalue weighted by atomic mass is 9.41. The molecule has 1 aromatic rings. The number of carbonyl (C=O) groups excluding carboxylic acids is 2. The summed E-state index contributed by atoms with van der Waals surface area (Å²) in [5.41, 5.74) is 0.285. The van der Waals surface area contributed by atoms with E-state index in [1.54, 1.807) is 0 Å². The maximum absolute atomic E-state index is 13.6. The molecule has 0 amide bonds. The summed E-state index contributed by atoms with van der Waals surface area (Å²) in [6.07, 6.45) is 4.38. The number of hydrogen-bond acceptors (Lipinski definition) is 7. The number of ether oxygens (including phenoxy) is 3. The number of Topliss-reactive ketones (excluding diaryl/α,β-unsaturated/α-hetero) is 1. The van der Waals surface area contributed by atoms with Gasteiger partial charge in [0.1, 0.15) is 11.3 Å². The minimum Gasteiger partial charge on any atom is -0.467 e. The Morgan fingerprint density at radius 1 is 1.28 bits per heavy atom. The summed E-state index contributed by atoms with van der Waals surface area (Å²) < 4.78 is 16.8. The number of hydrogen-bond donors (Lipinski definition) is 1. The van der Waals surface area contributed by atoms with Crippen molar-refractivity contribution in [1.29, 1.82) is 0 Å². The highest BCUT2D eigenvalue weighted by atomic mass is 16.7. The predicted octanol–water partition coefficient (Wildman–Crippen LogP) is 1.84. The number of nitrogens with zero attached hydrogens (tertiary/aromatic N) is 1. The summed E-state index contributed by atoms with van der Waals surface area (Å²) in [5, 5.41) is 3.60. The third-order valence-corrected chi connectivity index (χ3v) is 8.94. The second-order valence-electron chi connectivity index (χ2n) is 9.67. The Labute approximate surface area is 168 Å². The van der Waals surface area contributed by atoms with Crippen LogP contribution in [0.25, 0.3) is 0 Å². The van der Waals surface area contributed by atoms with E-state index in [9.17, 15) is 9.59 Å². The zero-order valence-corrected chi connectivity index (χ0v) is 16.5. The van der Waals surface area contributed by atoms with Crippen LogP contribution in [-0.4, -0.2) is 55.2 Å². The summed E-state index contributed by atoms with van der Waals surface area (Å²) in [6.45, 7) is 1.90. The Balaban J connectivity index is 1.58. The van der Waals surface area contributed by atoms with Gasteiger partial charge in [-0.3, -0.25) is 9.69 Å². The highest BCUT2D eigenvalue weighted by Crippen LogP contribution is 2.73.